The molecule has 120 valence electrons. The maximum atomic E-state index is 12.7. The van der Waals surface area contributed by atoms with E-state index >= 15 is 0 Å². The van der Waals surface area contributed by atoms with Crippen LogP contribution >= 0.6 is 0 Å². The number of carbonyl (C=O) groups excluding carboxylic acids is 1. The van der Waals surface area contributed by atoms with Gasteiger partial charge in [0.25, 0.3) is 5.91 Å². The Bertz CT molecular complexity index is 667. The summed E-state index contributed by atoms with van der Waals surface area (Å²) in [6, 6.07) is 7.75. The predicted molar refractivity (Wildman–Crippen MR) is 86.5 cm³/mol. The minimum atomic E-state index is 0.0230. The van der Waals surface area contributed by atoms with Crippen molar-refractivity contribution in [3.63, 3.8) is 0 Å². The minimum absolute atomic E-state index is 0.0230. The second-order valence-corrected chi connectivity index (χ2v) is 5.85. The molecule has 1 amide bonds. The summed E-state index contributed by atoms with van der Waals surface area (Å²) in [6.45, 7) is 5.59. The second-order valence-electron chi connectivity index (χ2n) is 5.85. The van der Waals surface area contributed by atoms with E-state index in [0.29, 0.717) is 42.4 Å². The lowest BCUT2D eigenvalue weighted by Gasteiger charge is -2.36. The molecule has 2 heterocycles. The van der Waals surface area contributed by atoms with Crippen LogP contribution in [0.2, 0.25) is 0 Å². The number of ether oxygens (including phenoxy) is 1. The van der Waals surface area contributed by atoms with E-state index in [0.717, 1.165) is 0 Å². The van der Waals surface area contributed by atoms with Crippen molar-refractivity contribution in [1.82, 2.24) is 20.2 Å². The average molecular weight is 312 g/mol. The quantitative estimate of drug-likeness (QED) is 0.940. The first-order chi connectivity index (χ1) is 11.1. The highest BCUT2D eigenvalue weighted by Gasteiger charge is 2.25. The van der Waals surface area contributed by atoms with Crippen molar-refractivity contribution < 1.29 is 9.53 Å². The SMILES string of the molecule is C[C@H]1CN(C(=O)c2cccc(Oc3cnccn3)c2)C[C@H](C)N1. The number of piperazine rings is 1. The van der Waals surface area contributed by atoms with Gasteiger partial charge in [-0.2, -0.15) is 0 Å². The van der Waals surface area contributed by atoms with Gasteiger partial charge >= 0.3 is 0 Å². The van der Waals surface area contributed by atoms with Crippen LogP contribution < -0.4 is 10.1 Å². The summed E-state index contributed by atoms with van der Waals surface area (Å²) in [7, 11) is 0. The van der Waals surface area contributed by atoms with Crippen molar-refractivity contribution in [3.05, 3.63) is 48.4 Å². The summed E-state index contributed by atoms with van der Waals surface area (Å²) in [5.74, 6) is 1.00. The van der Waals surface area contributed by atoms with E-state index in [1.54, 1.807) is 24.5 Å². The molecule has 1 saturated heterocycles. The van der Waals surface area contributed by atoms with Crippen molar-refractivity contribution in [2.24, 2.45) is 0 Å². The van der Waals surface area contributed by atoms with E-state index in [1.165, 1.54) is 6.20 Å². The molecule has 0 spiro atoms. The molecule has 3 rings (SSSR count). The number of rotatable bonds is 3. The van der Waals surface area contributed by atoms with E-state index in [-0.39, 0.29) is 5.91 Å². The van der Waals surface area contributed by atoms with Gasteiger partial charge < -0.3 is 15.0 Å². The molecular weight excluding hydrogens is 292 g/mol. The molecule has 1 aliphatic heterocycles. The van der Waals surface area contributed by atoms with Gasteiger partial charge in [0.05, 0.1) is 6.20 Å². The summed E-state index contributed by atoms with van der Waals surface area (Å²) in [5.41, 5.74) is 0.618. The third-order valence-corrected chi connectivity index (χ3v) is 3.69. The smallest absolute Gasteiger partial charge is 0.254 e. The molecule has 1 aromatic carbocycles. The monoisotopic (exact) mass is 312 g/mol. The molecule has 0 bridgehead atoms. The Kier molecular flexibility index (Phi) is 4.52. The number of carbonyl (C=O) groups is 1. The number of amides is 1. The van der Waals surface area contributed by atoms with Crippen LogP contribution in [0.3, 0.4) is 0 Å². The van der Waals surface area contributed by atoms with Gasteiger partial charge in [-0.3, -0.25) is 9.78 Å². The average Bonchev–Trinajstić information content (AvgIpc) is 2.54. The highest BCUT2D eigenvalue weighted by Crippen LogP contribution is 2.21. The normalized spacial score (nSPS) is 21.0. The van der Waals surface area contributed by atoms with Crippen LogP contribution in [0.4, 0.5) is 0 Å². The van der Waals surface area contributed by atoms with Gasteiger partial charge in [0.2, 0.25) is 5.88 Å². The molecule has 23 heavy (non-hydrogen) atoms. The number of aromatic nitrogens is 2. The Balaban J connectivity index is 1.75. The summed E-state index contributed by atoms with van der Waals surface area (Å²) in [5, 5.41) is 3.43. The van der Waals surface area contributed by atoms with Crippen LogP contribution in [-0.4, -0.2) is 45.9 Å². The van der Waals surface area contributed by atoms with E-state index in [1.807, 2.05) is 17.0 Å². The molecule has 0 unspecified atom stereocenters. The van der Waals surface area contributed by atoms with E-state index < -0.39 is 0 Å². The van der Waals surface area contributed by atoms with Gasteiger partial charge in [0.1, 0.15) is 5.75 Å². The predicted octanol–water partition coefficient (Wildman–Crippen LogP) is 2.09. The lowest BCUT2D eigenvalue weighted by atomic mass is 10.1. The second kappa shape index (κ2) is 6.75. The topological polar surface area (TPSA) is 67.4 Å². The molecular formula is C17H20N4O2. The molecule has 6 nitrogen and oxygen atoms in total. The molecule has 0 radical (unpaired) electrons. The van der Waals surface area contributed by atoms with Crippen molar-refractivity contribution in [2.75, 3.05) is 13.1 Å². The van der Waals surface area contributed by atoms with Gasteiger partial charge in [-0.1, -0.05) is 6.07 Å². The molecule has 1 fully saturated rings. The fourth-order valence-corrected chi connectivity index (χ4v) is 2.83. The van der Waals surface area contributed by atoms with Crippen molar-refractivity contribution in [3.8, 4) is 11.6 Å². The summed E-state index contributed by atoms with van der Waals surface area (Å²) < 4.78 is 5.64. The van der Waals surface area contributed by atoms with Crippen LogP contribution in [0.5, 0.6) is 11.6 Å². The maximum absolute atomic E-state index is 12.7. The fourth-order valence-electron chi connectivity index (χ4n) is 2.83. The zero-order valence-corrected chi connectivity index (χ0v) is 13.3. The molecule has 1 aromatic heterocycles. The van der Waals surface area contributed by atoms with Gasteiger partial charge in [0, 0.05) is 43.1 Å². The number of nitrogens with one attached hydrogen (secondary N) is 1. The van der Waals surface area contributed by atoms with Crippen molar-refractivity contribution in [1.29, 1.82) is 0 Å². The Morgan fingerprint density at radius 1 is 1.26 bits per heavy atom. The fraction of sp³-hybridized carbons (Fsp3) is 0.353. The lowest BCUT2D eigenvalue weighted by molar-refractivity contribution is 0.0673. The Hall–Kier alpha value is -2.47. The highest BCUT2D eigenvalue weighted by atomic mass is 16.5. The molecule has 1 N–H and O–H groups in total. The third-order valence-electron chi connectivity index (χ3n) is 3.69. The van der Waals surface area contributed by atoms with Crippen LogP contribution in [-0.2, 0) is 0 Å². The van der Waals surface area contributed by atoms with E-state index in [9.17, 15) is 4.79 Å². The molecule has 0 saturated carbocycles. The van der Waals surface area contributed by atoms with Gasteiger partial charge in [0.15, 0.2) is 0 Å². The number of benzene rings is 1. The minimum Gasteiger partial charge on any atom is -0.437 e. The Morgan fingerprint density at radius 2 is 2.04 bits per heavy atom. The largest absolute Gasteiger partial charge is 0.437 e. The van der Waals surface area contributed by atoms with Crippen molar-refractivity contribution >= 4 is 5.91 Å². The van der Waals surface area contributed by atoms with Gasteiger partial charge in [-0.05, 0) is 32.0 Å². The molecule has 6 heteroatoms. The summed E-state index contributed by atoms with van der Waals surface area (Å²) >= 11 is 0. The number of hydrogen-bond donors (Lipinski definition) is 1. The zero-order valence-electron chi connectivity index (χ0n) is 13.3. The van der Waals surface area contributed by atoms with E-state index in [2.05, 4.69) is 29.1 Å². The van der Waals surface area contributed by atoms with E-state index in [4.69, 9.17) is 4.74 Å². The first kappa shape index (κ1) is 15.4. The summed E-state index contributed by atoms with van der Waals surface area (Å²) in [4.78, 5) is 22.6. The lowest BCUT2D eigenvalue weighted by Crippen LogP contribution is -2.55. The van der Waals surface area contributed by atoms with Gasteiger partial charge in [-0.25, -0.2) is 4.98 Å². The molecule has 1 aliphatic rings. The third kappa shape index (κ3) is 3.84. The van der Waals surface area contributed by atoms with Crippen LogP contribution in [0, 0.1) is 0 Å². The van der Waals surface area contributed by atoms with Crippen LogP contribution in [0.15, 0.2) is 42.9 Å². The zero-order chi connectivity index (χ0) is 16.2. The van der Waals surface area contributed by atoms with Crippen molar-refractivity contribution in [2.45, 2.75) is 25.9 Å². The standard InChI is InChI=1S/C17H20N4O2/c1-12-10-21(11-13(2)20-12)17(22)14-4-3-5-15(8-14)23-16-9-18-6-7-19-16/h3-9,12-13,20H,10-11H2,1-2H3/t12-,13-/m0/s1. The number of nitrogens with zero attached hydrogens (tertiary/aromatic N) is 3. The molecule has 2 atom stereocenters. The number of hydrogen-bond acceptors (Lipinski definition) is 5. The Morgan fingerprint density at radius 3 is 2.74 bits per heavy atom. The molecule has 2 aromatic rings. The maximum Gasteiger partial charge on any atom is 0.254 e. The van der Waals surface area contributed by atoms with Crippen LogP contribution in [0.25, 0.3) is 0 Å². The molecule has 0 aliphatic carbocycles. The first-order valence-electron chi connectivity index (χ1n) is 7.71. The van der Waals surface area contributed by atoms with Crippen LogP contribution in [0.1, 0.15) is 24.2 Å². The first-order valence-corrected chi connectivity index (χ1v) is 7.71. The van der Waals surface area contributed by atoms with Gasteiger partial charge in [-0.15, -0.1) is 0 Å². The summed E-state index contributed by atoms with van der Waals surface area (Å²) in [6.07, 6.45) is 4.68. The Labute approximate surface area is 135 Å². The highest BCUT2D eigenvalue weighted by molar-refractivity contribution is 5.94.